The van der Waals surface area contributed by atoms with E-state index in [0.717, 1.165) is 39.6 Å². The first-order valence-corrected chi connectivity index (χ1v) is 13.7. The van der Waals surface area contributed by atoms with E-state index in [1.807, 2.05) is 37.3 Å². The van der Waals surface area contributed by atoms with Gasteiger partial charge in [-0.1, -0.05) is 62.7 Å². The molecule has 0 saturated heterocycles. The average Bonchev–Trinajstić information content (AvgIpc) is 3.14. The summed E-state index contributed by atoms with van der Waals surface area (Å²) in [6, 6.07) is 19.8. The number of nitrogens with one attached hydrogen (secondary N) is 1. The standard InChI is InChI=1S/C33H37ClN2O3/c1-20(19-37)39-31-15-24(11-13-29(31)34)18-36-23(4)21(2)28-17-26(12-14-30(28)36)32(38)35-22(3)25-9-8-10-27(16-25)33(5,6)7/h8-17,19-20,22H,18H2,1-7H3,(H,35,38)/t20-,22-/m0/s1. The van der Waals surface area contributed by atoms with Crippen molar-refractivity contribution in [3.63, 3.8) is 0 Å². The predicted octanol–water partition coefficient (Wildman–Crippen LogP) is 7.71. The number of hydrogen-bond donors (Lipinski definition) is 1. The van der Waals surface area contributed by atoms with Gasteiger partial charge in [0.1, 0.15) is 5.75 Å². The first-order chi connectivity index (χ1) is 18.4. The molecular formula is C33H37ClN2O3. The van der Waals surface area contributed by atoms with Crippen molar-refractivity contribution in [2.75, 3.05) is 0 Å². The quantitative estimate of drug-likeness (QED) is 0.231. The summed E-state index contributed by atoms with van der Waals surface area (Å²) >= 11 is 6.29. The number of rotatable bonds is 8. The molecule has 0 spiro atoms. The summed E-state index contributed by atoms with van der Waals surface area (Å²) in [6.07, 6.45) is 0.164. The molecule has 5 nitrogen and oxygen atoms in total. The van der Waals surface area contributed by atoms with Gasteiger partial charge in [0, 0.05) is 28.7 Å². The molecule has 0 aliphatic carbocycles. The molecule has 2 atom stereocenters. The minimum atomic E-state index is -0.580. The van der Waals surface area contributed by atoms with Crippen LogP contribution >= 0.6 is 11.6 Å². The van der Waals surface area contributed by atoms with E-state index in [0.29, 0.717) is 22.9 Å². The van der Waals surface area contributed by atoms with Crippen LogP contribution in [-0.2, 0) is 16.8 Å². The first kappa shape index (κ1) is 28.4. The molecule has 4 aromatic rings. The Balaban J connectivity index is 1.58. The Morgan fingerprint density at radius 1 is 1.05 bits per heavy atom. The molecule has 1 N–H and O–H groups in total. The molecule has 0 aliphatic rings. The molecule has 204 valence electrons. The number of aryl methyl sites for hydroxylation is 1. The van der Waals surface area contributed by atoms with Crippen LogP contribution in [0.3, 0.4) is 0 Å². The van der Waals surface area contributed by atoms with Crippen molar-refractivity contribution in [1.29, 1.82) is 0 Å². The van der Waals surface area contributed by atoms with Crippen LogP contribution < -0.4 is 10.1 Å². The summed E-state index contributed by atoms with van der Waals surface area (Å²) in [7, 11) is 0. The summed E-state index contributed by atoms with van der Waals surface area (Å²) in [5.74, 6) is 0.389. The van der Waals surface area contributed by atoms with Gasteiger partial charge in [0.15, 0.2) is 12.4 Å². The largest absolute Gasteiger partial charge is 0.482 e. The number of aromatic nitrogens is 1. The number of fused-ring (bicyclic) bond motifs is 1. The fourth-order valence-electron chi connectivity index (χ4n) is 4.78. The second kappa shape index (κ2) is 11.3. The molecule has 3 aromatic carbocycles. The lowest BCUT2D eigenvalue weighted by Crippen LogP contribution is -2.27. The molecule has 0 bridgehead atoms. The fraction of sp³-hybridized carbons (Fsp3) is 0.333. The van der Waals surface area contributed by atoms with Gasteiger partial charge in [-0.05, 0) is 85.7 Å². The predicted molar refractivity (Wildman–Crippen MR) is 159 cm³/mol. The molecule has 0 radical (unpaired) electrons. The summed E-state index contributed by atoms with van der Waals surface area (Å²) in [4.78, 5) is 24.3. The smallest absolute Gasteiger partial charge is 0.251 e. The van der Waals surface area contributed by atoms with Crippen LogP contribution in [-0.4, -0.2) is 22.9 Å². The van der Waals surface area contributed by atoms with Crippen molar-refractivity contribution in [2.45, 2.75) is 72.6 Å². The van der Waals surface area contributed by atoms with Crippen molar-refractivity contribution in [2.24, 2.45) is 0 Å². The Bertz CT molecular complexity index is 1530. The van der Waals surface area contributed by atoms with Gasteiger partial charge >= 0.3 is 0 Å². The van der Waals surface area contributed by atoms with Crippen molar-refractivity contribution >= 4 is 34.7 Å². The van der Waals surface area contributed by atoms with Crippen molar-refractivity contribution in [1.82, 2.24) is 9.88 Å². The maximum atomic E-state index is 13.3. The van der Waals surface area contributed by atoms with Gasteiger partial charge < -0.3 is 14.6 Å². The Labute approximate surface area is 236 Å². The van der Waals surface area contributed by atoms with E-state index in [4.69, 9.17) is 16.3 Å². The van der Waals surface area contributed by atoms with Crippen LogP contribution in [0.15, 0.2) is 60.7 Å². The number of nitrogens with zero attached hydrogens (tertiary/aromatic N) is 1. The van der Waals surface area contributed by atoms with Gasteiger partial charge in [0.2, 0.25) is 0 Å². The minimum absolute atomic E-state index is 0.0435. The van der Waals surface area contributed by atoms with Gasteiger partial charge in [-0.3, -0.25) is 9.59 Å². The maximum absolute atomic E-state index is 13.3. The van der Waals surface area contributed by atoms with E-state index < -0.39 is 6.10 Å². The van der Waals surface area contributed by atoms with E-state index in [1.54, 1.807) is 13.0 Å². The fourth-order valence-corrected chi connectivity index (χ4v) is 4.94. The van der Waals surface area contributed by atoms with Crippen LogP contribution in [0, 0.1) is 13.8 Å². The second-order valence-corrected chi connectivity index (χ2v) is 11.7. The molecule has 6 heteroatoms. The summed E-state index contributed by atoms with van der Waals surface area (Å²) < 4.78 is 7.90. The average molecular weight is 545 g/mol. The van der Waals surface area contributed by atoms with Crippen LogP contribution in [0.4, 0.5) is 0 Å². The number of aldehydes is 1. The lowest BCUT2D eigenvalue weighted by molar-refractivity contribution is -0.113. The number of carbonyl (C=O) groups excluding carboxylic acids is 2. The van der Waals surface area contributed by atoms with Crippen molar-refractivity contribution in [3.8, 4) is 5.75 Å². The zero-order valence-electron chi connectivity index (χ0n) is 23.8. The molecule has 4 rings (SSSR count). The van der Waals surface area contributed by atoms with Crippen LogP contribution in [0.1, 0.15) is 79.0 Å². The first-order valence-electron chi connectivity index (χ1n) is 13.3. The van der Waals surface area contributed by atoms with Crippen molar-refractivity contribution in [3.05, 3.63) is 99.2 Å². The molecule has 0 unspecified atom stereocenters. The van der Waals surface area contributed by atoms with E-state index in [-0.39, 0.29) is 17.4 Å². The highest BCUT2D eigenvalue weighted by Crippen LogP contribution is 2.31. The lowest BCUT2D eigenvalue weighted by atomic mass is 9.85. The molecule has 39 heavy (non-hydrogen) atoms. The molecular weight excluding hydrogens is 508 g/mol. The summed E-state index contributed by atoms with van der Waals surface area (Å²) in [6.45, 7) is 15.0. The highest BCUT2D eigenvalue weighted by Gasteiger charge is 2.19. The third-order valence-corrected chi connectivity index (χ3v) is 7.65. The summed E-state index contributed by atoms with van der Waals surface area (Å²) in [5, 5.41) is 4.68. The number of halogens is 1. The zero-order valence-corrected chi connectivity index (χ0v) is 24.5. The normalized spacial score (nSPS) is 13.2. The summed E-state index contributed by atoms with van der Waals surface area (Å²) in [5.41, 5.74) is 7.30. The van der Waals surface area contributed by atoms with E-state index in [1.165, 1.54) is 5.56 Å². The highest BCUT2D eigenvalue weighted by molar-refractivity contribution is 6.32. The van der Waals surface area contributed by atoms with E-state index >= 15 is 0 Å². The molecule has 0 fully saturated rings. The number of hydrogen-bond acceptors (Lipinski definition) is 3. The van der Waals surface area contributed by atoms with Crippen LogP contribution in [0.5, 0.6) is 5.75 Å². The number of benzene rings is 3. The van der Waals surface area contributed by atoms with E-state index in [9.17, 15) is 9.59 Å². The van der Waals surface area contributed by atoms with Crippen LogP contribution in [0.25, 0.3) is 10.9 Å². The Hall–Kier alpha value is -3.57. The molecule has 0 saturated carbocycles. The van der Waals surface area contributed by atoms with Crippen LogP contribution in [0.2, 0.25) is 5.02 Å². The molecule has 1 amide bonds. The third-order valence-electron chi connectivity index (χ3n) is 7.34. The minimum Gasteiger partial charge on any atom is -0.482 e. The topological polar surface area (TPSA) is 60.3 Å². The Morgan fingerprint density at radius 3 is 2.49 bits per heavy atom. The zero-order chi connectivity index (χ0) is 28.5. The molecule has 1 aromatic heterocycles. The highest BCUT2D eigenvalue weighted by atomic mass is 35.5. The SMILES string of the molecule is Cc1c(C)n(Cc2ccc(Cl)c(O[C@@H](C)C=O)c2)c2ccc(C(=O)N[C@@H](C)c3cccc(C(C)(C)C)c3)cc12. The second-order valence-electron chi connectivity index (χ2n) is 11.3. The van der Waals surface area contributed by atoms with Gasteiger partial charge in [-0.25, -0.2) is 0 Å². The molecule has 0 aliphatic heterocycles. The number of carbonyl (C=O) groups is 2. The lowest BCUT2D eigenvalue weighted by Gasteiger charge is -2.22. The number of ether oxygens (including phenoxy) is 1. The number of amides is 1. The Morgan fingerprint density at radius 2 is 1.79 bits per heavy atom. The van der Waals surface area contributed by atoms with Crippen molar-refractivity contribution < 1.29 is 14.3 Å². The Kier molecular flexibility index (Phi) is 8.22. The van der Waals surface area contributed by atoms with E-state index in [2.05, 4.69) is 68.8 Å². The third kappa shape index (κ3) is 6.20. The van der Waals surface area contributed by atoms with Gasteiger partial charge in [-0.2, -0.15) is 0 Å². The monoisotopic (exact) mass is 544 g/mol. The molecule has 1 heterocycles. The van der Waals surface area contributed by atoms with Gasteiger partial charge in [-0.15, -0.1) is 0 Å². The maximum Gasteiger partial charge on any atom is 0.251 e. The van der Waals surface area contributed by atoms with Gasteiger partial charge in [0.05, 0.1) is 11.1 Å². The van der Waals surface area contributed by atoms with Gasteiger partial charge in [0.25, 0.3) is 5.91 Å².